The van der Waals surface area contributed by atoms with Crippen LogP contribution in [0.25, 0.3) is 11.0 Å². The van der Waals surface area contributed by atoms with Crippen LogP contribution < -0.4 is 5.32 Å². The maximum absolute atomic E-state index is 4.68. The van der Waals surface area contributed by atoms with Gasteiger partial charge in [0.05, 0.1) is 5.69 Å². The van der Waals surface area contributed by atoms with Crippen LogP contribution in [-0.4, -0.2) is 15.0 Å². The number of benzene rings is 1. The molecule has 2 N–H and O–H groups in total. The molecule has 3 aromatic heterocycles. The normalized spacial score (nSPS) is 11.1. The summed E-state index contributed by atoms with van der Waals surface area (Å²) in [5, 5.41) is 5.60. The predicted molar refractivity (Wildman–Crippen MR) is 112 cm³/mol. The lowest BCUT2D eigenvalue weighted by Crippen LogP contribution is -1.98. The molecule has 0 bridgehead atoms. The Morgan fingerprint density at radius 1 is 1.20 bits per heavy atom. The number of aromatic amines is 1. The number of anilines is 1. The van der Waals surface area contributed by atoms with Crippen LogP contribution in [0.2, 0.25) is 0 Å². The van der Waals surface area contributed by atoms with E-state index in [1.54, 1.807) is 11.3 Å². The lowest BCUT2D eigenvalue weighted by atomic mass is 10.1. The first-order chi connectivity index (χ1) is 12.2. The van der Waals surface area contributed by atoms with Gasteiger partial charge in [0.25, 0.3) is 0 Å². The second-order valence-electron chi connectivity index (χ2n) is 5.90. The van der Waals surface area contributed by atoms with E-state index in [9.17, 15) is 0 Å². The van der Waals surface area contributed by atoms with Crippen molar-refractivity contribution in [1.82, 2.24) is 15.0 Å². The summed E-state index contributed by atoms with van der Waals surface area (Å²) >= 11 is 4.05. The zero-order valence-electron chi connectivity index (χ0n) is 13.7. The largest absolute Gasteiger partial charge is 0.357 e. The Hall–Kier alpha value is -1.93. The molecule has 4 rings (SSSR count). The van der Waals surface area contributed by atoms with Gasteiger partial charge in [0.1, 0.15) is 5.65 Å². The zero-order chi connectivity index (χ0) is 17.2. The van der Waals surface area contributed by atoms with Crippen molar-refractivity contribution in [2.75, 3.05) is 5.32 Å². The molecular formula is C19H17IN4S. The van der Waals surface area contributed by atoms with E-state index in [0.29, 0.717) is 0 Å². The van der Waals surface area contributed by atoms with Crippen molar-refractivity contribution in [3.8, 4) is 0 Å². The van der Waals surface area contributed by atoms with Crippen LogP contribution >= 0.6 is 33.9 Å². The third-order valence-electron chi connectivity index (χ3n) is 4.14. The molecule has 4 aromatic rings. The van der Waals surface area contributed by atoms with E-state index in [1.807, 2.05) is 12.3 Å². The quantitative estimate of drug-likeness (QED) is 0.406. The summed E-state index contributed by atoms with van der Waals surface area (Å²) in [6.45, 7) is 2.87. The molecule has 126 valence electrons. The van der Waals surface area contributed by atoms with Gasteiger partial charge in [-0.05, 0) is 64.9 Å². The smallest absolute Gasteiger partial charge is 0.183 e. The molecule has 0 amide bonds. The van der Waals surface area contributed by atoms with Gasteiger partial charge in [-0.15, -0.1) is 11.3 Å². The molecule has 0 spiro atoms. The molecule has 3 heterocycles. The van der Waals surface area contributed by atoms with Gasteiger partial charge in [0.15, 0.2) is 5.13 Å². The fraction of sp³-hybridized carbons (Fsp3) is 0.158. The van der Waals surface area contributed by atoms with Gasteiger partial charge in [-0.2, -0.15) is 0 Å². The van der Waals surface area contributed by atoms with E-state index >= 15 is 0 Å². The minimum atomic E-state index is 0.792. The maximum Gasteiger partial charge on any atom is 0.183 e. The van der Waals surface area contributed by atoms with E-state index in [1.165, 1.54) is 25.0 Å². The number of H-pyrrole nitrogens is 1. The summed E-state index contributed by atoms with van der Waals surface area (Å²) in [4.78, 5) is 13.6. The Bertz CT molecular complexity index is 1000. The van der Waals surface area contributed by atoms with Crippen LogP contribution in [0.3, 0.4) is 0 Å². The fourth-order valence-electron chi connectivity index (χ4n) is 2.78. The van der Waals surface area contributed by atoms with Crippen LogP contribution in [0.5, 0.6) is 0 Å². The first-order valence-electron chi connectivity index (χ1n) is 8.04. The van der Waals surface area contributed by atoms with Crippen LogP contribution in [0.4, 0.5) is 5.13 Å². The van der Waals surface area contributed by atoms with E-state index in [0.717, 1.165) is 29.4 Å². The van der Waals surface area contributed by atoms with Gasteiger partial charge in [0, 0.05) is 39.2 Å². The highest BCUT2D eigenvalue weighted by molar-refractivity contribution is 14.1. The van der Waals surface area contributed by atoms with Crippen molar-refractivity contribution in [3.63, 3.8) is 0 Å². The minimum Gasteiger partial charge on any atom is -0.357 e. The highest BCUT2D eigenvalue weighted by Gasteiger charge is 2.11. The van der Waals surface area contributed by atoms with Crippen molar-refractivity contribution >= 4 is 50.1 Å². The van der Waals surface area contributed by atoms with Crippen molar-refractivity contribution in [1.29, 1.82) is 0 Å². The lowest BCUT2D eigenvalue weighted by molar-refractivity contribution is 1.11. The highest BCUT2D eigenvalue weighted by Crippen LogP contribution is 2.28. The number of aryl methyl sites for hydroxylation is 1. The molecule has 0 aliphatic rings. The van der Waals surface area contributed by atoms with Crippen molar-refractivity contribution < 1.29 is 0 Å². The topological polar surface area (TPSA) is 53.6 Å². The Kier molecular flexibility index (Phi) is 4.72. The zero-order valence-corrected chi connectivity index (χ0v) is 16.7. The van der Waals surface area contributed by atoms with Gasteiger partial charge >= 0.3 is 0 Å². The number of hydrogen-bond acceptors (Lipinski definition) is 4. The molecule has 0 saturated heterocycles. The predicted octanol–water partition coefficient (Wildman–Crippen LogP) is 5.14. The SMILES string of the molecule is Cc1nc(NCc2ccc(I)cc2)sc1Cc1c[nH]c2ncccc12. The van der Waals surface area contributed by atoms with Gasteiger partial charge < -0.3 is 10.3 Å². The molecule has 0 aliphatic heterocycles. The molecule has 0 unspecified atom stereocenters. The molecule has 0 radical (unpaired) electrons. The summed E-state index contributed by atoms with van der Waals surface area (Å²) in [5.41, 5.74) is 4.56. The number of rotatable bonds is 5. The molecule has 4 nitrogen and oxygen atoms in total. The molecule has 0 saturated carbocycles. The van der Waals surface area contributed by atoms with E-state index in [-0.39, 0.29) is 0 Å². The van der Waals surface area contributed by atoms with Crippen molar-refractivity contribution in [2.45, 2.75) is 19.9 Å². The number of hydrogen-bond donors (Lipinski definition) is 2. The summed E-state index contributed by atoms with van der Waals surface area (Å²) < 4.78 is 1.25. The molecule has 0 atom stereocenters. The fourth-order valence-corrected chi connectivity index (χ4v) is 4.12. The Balaban J connectivity index is 1.49. The highest BCUT2D eigenvalue weighted by atomic mass is 127. The number of nitrogens with one attached hydrogen (secondary N) is 2. The van der Waals surface area contributed by atoms with Crippen LogP contribution in [-0.2, 0) is 13.0 Å². The third-order valence-corrected chi connectivity index (χ3v) is 5.97. The average Bonchev–Trinajstić information content (AvgIpc) is 3.19. The van der Waals surface area contributed by atoms with Gasteiger partial charge in [-0.1, -0.05) is 12.1 Å². The van der Waals surface area contributed by atoms with Crippen molar-refractivity contribution in [3.05, 3.63) is 74.1 Å². The minimum absolute atomic E-state index is 0.792. The Morgan fingerprint density at radius 2 is 2.04 bits per heavy atom. The van der Waals surface area contributed by atoms with E-state index in [4.69, 9.17) is 0 Å². The molecule has 0 aliphatic carbocycles. The van der Waals surface area contributed by atoms with Gasteiger partial charge in [0.2, 0.25) is 0 Å². The monoisotopic (exact) mass is 460 g/mol. The molecule has 1 aromatic carbocycles. The summed E-state index contributed by atoms with van der Waals surface area (Å²) in [6, 6.07) is 12.6. The van der Waals surface area contributed by atoms with Crippen LogP contribution in [0.1, 0.15) is 21.7 Å². The Morgan fingerprint density at radius 3 is 2.88 bits per heavy atom. The number of pyridine rings is 1. The van der Waals surface area contributed by atoms with Crippen LogP contribution in [0.15, 0.2) is 48.8 Å². The number of halogens is 1. The second-order valence-corrected chi connectivity index (χ2v) is 8.23. The molecule has 0 fully saturated rings. The number of thiazole rings is 1. The summed E-state index contributed by atoms with van der Waals surface area (Å²) in [6.07, 6.45) is 4.74. The lowest BCUT2D eigenvalue weighted by Gasteiger charge is -2.02. The number of aromatic nitrogens is 3. The Labute approximate surface area is 163 Å². The third kappa shape index (κ3) is 3.69. The summed E-state index contributed by atoms with van der Waals surface area (Å²) in [5.74, 6) is 0. The molecule has 25 heavy (non-hydrogen) atoms. The maximum atomic E-state index is 4.68. The first-order valence-corrected chi connectivity index (χ1v) is 9.94. The van der Waals surface area contributed by atoms with E-state index in [2.05, 4.69) is 86.3 Å². The molecule has 6 heteroatoms. The van der Waals surface area contributed by atoms with Crippen molar-refractivity contribution in [2.24, 2.45) is 0 Å². The standard InChI is InChI=1S/C19H17IN4S/c1-12-17(9-14-11-22-18-16(14)3-2-8-21-18)25-19(24-12)23-10-13-4-6-15(20)7-5-13/h2-8,11H,9-10H2,1H3,(H,21,22)(H,23,24). The number of nitrogens with zero attached hydrogens (tertiary/aromatic N) is 2. The number of fused-ring (bicyclic) bond motifs is 1. The summed E-state index contributed by atoms with van der Waals surface area (Å²) in [7, 11) is 0. The second kappa shape index (κ2) is 7.13. The van der Waals surface area contributed by atoms with Gasteiger partial charge in [-0.3, -0.25) is 0 Å². The molecular weight excluding hydrogens is 443 g/mol. The first kappa shape index (κ1) is 16.5. The van der Waals surface area contributed by atoms with Crippen LogP contribution in [0, 0.1) is 10.5 Å². The van der Waals surface area contributed by atoms with E-state index < -0.39 is 0 Å². The van der Waals surface area contributed by atoms with Gasteiger partial charge in [-0.25, -0.2) is 9.97 Å². The average molecular weight is 460 g/mol.